The van der Waals surface area contributed by atoms with Gasteiger partial charge < -0.3 is 9.47 Å². The van der Waals surface area contributed by atoms with Crippen molar-refractivity contribution in [3.63, 3.8) is 0 Å². The highest BCUT2D eigenvalue weighted by Crippen LogP contribution is 2.18. The van der Waals surface area contributed by atoms with Gasteiger partial charge in [0.15, 0.2) is 14.8 Å². The third kappa shape index (κ3) is 4.35. The van der Waals surface area contributed by atoms with E-state index in [0.29, 0.717) is 0 Å². The lowest BCUT2D eigenvalue weighted by atomic mass is 10.3. The van der Waals surface area contributed by atoms with Crippen LogP contribution in [0.3, 0.4) is 0 Å². The monoisotopic (exact) mass is 375 g/mol. The molecule has 19 heteroatoms. The summed E-state index contributed by atoms with van der Waals surface area (Å²) in [7, 11) is 0. The molecule has 140 valence electrons. The zero-order valence-corrected chi connectivity index (χ0v) is 11.5. The molecule has 25 heavy (non-hydrogen) atoms. The fourth-order valence-electron chi connectivity index (χ4n) is 1.11. The van der Waals surface area contributed by atoms with Crippen molar-refractivity contribution in [3.8, 4) is 0 Å². The molecule has 0 aliphatic carbocycles. The van der Waals surface area contributed by atoms with Crippen molar-refractivity contribution in [2.24, 2.45) is 0 Å². The number of carbonyl (C=O) groups excluding carboxylic acids is 1. The number of hydrogen-bond acceptors (Lipinski definition) is 13. The second-order valence-corrected chi connectivity index (χ2v) is 3.92. The molecular formula is C6H6FN5O13. The molecule has 0 aromatic carbocycles. The highest BCUT2D eigenvalue weighted by molar-refractivity contribution is 5.59. The Morgan fingerprint density at radius 2 is 1.20 bits per heavy atom. The van der Waals surface area contributed by atoms with Crippen LogP contribution >= 0.6 is 0 Å². The van der Waals surface area contributed by atoms with E-state index in [2.05, 4.69) is 9.47 Å². The molecule has 0 saturated carbocycles. The van der Waals surface area contributed by atoms with E-state index in [9.17, 15) is 59.8 Å². The minimum atomic E-state index is -4.41. The summed E-state index contributed by atoms with van der Waals surface area (Å²) in [6.07, 6.45) is -3.63. The van der Waals surface area contributed by atoms with Gasteiger partial charge in [-0.3, -0.25) is 50.6 Å². The molecule has 0 aromatic heterocycles. The lowest BCUT2D eigenvalue weighted by molar-refractivity contribution is -0.970. The molecule has 0 heterocycles. The average molecular weight is 375 g/mol. The number of nitro groups is 5. The van der Waals surface area contributed by atoms with Gasteiger partial charge in [0.2, 0.25) is 6.42 Å². The normalized spacial score (nSPS) is 11.2. The maximum atomic E-state index is 13.2. The first-order valence-electron chi connectivity index (χ1n) is 5.53. The minimum absolute atomic E-state index is 1.36. The van der Waals surface area contributed by atoms with Gasteiger partial charge in [0.05, 0.1) is 0 Å². The van der Waals surface area contributed by atoms with E-state index in [1.807, 2.05) is 0 Å². The summed E-state index contributed by atoms with van der Waals surface area (Å²) < 4.78 is 20.8. The number of halogens is 1. The van der Waals surface area contributed by atoms with Crippen molar-refractivity contribution in [2.75, 3.05) is 13.2 Å². The quantitative estimate of drug-likeness (QED) is 0.149. The van der Waals surface area contributed by atoms with Crippen LogP contribution in [-0.2, 0) is 9.47 Å². The molecule has 0 amide bonds. The molecule has 0 aliphatic heterocycles. The topological polar surface area (TPSA) is 251 Å². The van der Waals surface area contributed by atoms with E-state index >= 15 is 0 Å². The molecule has 18 nitrogen and oxygen atoms in total. The van der Waals surface area contributed by atoms with Crippen molar-refractivity contribution in [3.05, 3.63) is 50.6 Å². The second-order valence-electron chi connectivity index (χ2n) is 3.92. The second kappa shape index (κ2) is 7.65. The van der Waals surface area contributed by atoms with Gasteiger partial charge in [-0.1, -0.05) is 4.39 Å². The van der Waals surface area contributed by atoms with Crippen molar-refractivity contribution in [1.82, 2.24) is 0 Å². The molecule has 0 spiro atoms. The van der Waals surface area contributed by atoms with Crippen LogP contribution in [-0.4, -0.2) is 55.7 Å². The zero-order chi connectivity index (χ0) is 20.0. The van der Waals surface area contributed by atoms with Crippen LogP contribution in [0.5, 0.6) is 0 Å². The maximum absolute atomic E-state index is 13.2. The molecule has 0 aliphatic rings. The predicted octanol–water partition coefficient (Wildman–Crippen LogP) is -0.810. The summed E-state index contributed by atoms with van der Waals surface area (Å²) in [4.78, 5) is 53.3. The Bertz CT molecular complexity index is 570. The number of alkyl halides is 1. The molecule has 0 bridgehead atoms. The van der Waals surface area contributed by atoms with Gasteiger partial charge in [-0.25, -0.2) is 4.79 Å². The van der Waals surface area contributed by atoms with E-state index in [0.717, 1.165) is 0 Å². The Kier molecular flexibility index (Phi) is 6.49. The molecule has 0 unspecified atom stereocenters. The molecule has 0 N–H and O–H groups in total. The average Bonchev–Trinajstić information content (AvgIpc) is 2.47. The van der Waals surface area contributed by atoms with Gasteiger partial charge in [-0.15, -0.1) is 0 Å². The Morgan fingerprint density at radius 3 is 1.52 bits per heavy atom. The summed E-state index contributed by atoms with van der Waals surface area (Å²) >= 11 is 0. The van der Waals surface area contributed by atoms with Gasteiger partial charge in [-0.05, 0) is 0 Å². The van der Waals surface area contributed by atoms with E-state index < -0.39 is 62.1 Å². The van der Waals surface area contributed by atoms with Gasteiger partial charge in [0.25, 0.3) is 6.61 Å². The molecule has 0 atom stereocenters. The molecule has 0 radical (unpaired) electrons. The summed E-state index contributed by atoms with van der Waals surface area (Å²) in [5.74, 6) is -8.36. The van der Waals surface area contributed by atoms with Crippen LogP contribution < -0.4 is 0 Å². The fraction of sp³-hybridized carbons (Fsp3) is 0.833. The van der Waals surface area contributed by atoms with Crippen LogP contribution in [0.15, 0.2) is 0 Å². The predicted molar refractivity (Wildman–Crippen MR) is 63.5 cm³/mol. The summed E-state index contributed by atoms with van der Waals surface area (Å²) in [6, 6.07) is 0. The Labute approximate surface area is 132 Å². The standard InChI is InChI=1S/C6H6FN5O13/c7-5(8(14)15,9(16)17)3-25-4(13)24-2-1-6(10(18)19,11(20)21)12(22)23/h1-3H2. The third-order valence-electron chi connectivity index (χ3n) is 2.47. The smallest absolute Gasteiger partial charge is 0.433 e. The van der Waals surface area contributed by atoms with E-state index in [1.54, 1.807) is 0 Å². The van der Waals surface area contributed by atoms with E-state index in [4.69, 9.17) is 0 Å². The maximum Gasteiger partial charge on any atom is 0.703 e. The van der Waals surface area contributed by atoms with Crippen LogP contribution in [0.4, 0.5) is 9.18 Å². The van der Waals surface area contributed by atoms with Crippen molar-refractivity contribution >= 4 is 6.16 Å². The first-order chi connectivity index (χ1) is 11.3. The van der Waals surface area contributed by atoms with Crippen LogP contribution in [0.1, 0.15) is 6.42 Å². The fourth-order valence-corrected chi connectivity index (χ4v) is 1.11. The van der Waals surface area contributed by atoms with Crippen molar-refractivity contribution in [1.29, 1.82) is 0 Å². The zero-order valence-electron chi connectivity index (χ0n) is 11.5. The van der Waals surface area contributed by atoms with Crippen LogP contribution in [0, 0.1) is 50.6 Å². The summed E-state index contributed by atoms with van der Waals surface area (Å²) in [6.45, 7) is -3.42. The van der Waals surface area contributed by atoms with Gasteiger partial charge in [0.1, 0.15) is 16.5 Å². The molecule has 0 saturated heterocycles. The van der Waals surface area contributed by atoms with E-state index in [-0.39, 0.29) is 0 Å². The Balaban J connectivity index is 4.83. The highest BCUT2D eigenvalue weighted by Gasteiger charge is 2.70. The van der Waals surface area contributed by atoms with Crippen LogP contribution in [0.2, 0.25) is 0 Å². The summed E-state index contributed by atoms with van der Waals surface area (Å²) in [5.41, 5.74) is 0. The molecule has 0 rings (SSSR count). The number of rotatable bonds is 10. The highest BCUT2D eigenvalue weighted by atomic mass is 19.2. The van der Waals surface area contributed by atoms with E-state index in [1.165, 1.54) is 0 Å². The molecule has 0 fully saturated rings. The number of nitrogens with zero attached hydrogens (tertiary/aromatic N) is 5. The lowest BCUT2D eigenvalue weighted by Gasteiger charge is -2.10. The molecule has 0 aromatic rings. The first kappa shape index (κ1) is 21.2. The first-order valence-corrected chi connectivity index (χ1v) is 5.53. The number of ether oxygens (including phenoxy) is 2. The Hall–Kier alpha value is -3.80. The number of carbonyl (C=O) groups is 1. The lowest BCUT2D eigenvalue weighted by Crippen LogP contribution is -2.54. The van der Waals surface area contributed by atoms with Gasteiger partial charge in [-0.2, -0.15) is 0 Å². The summed E-state index contributed by atoms with van der Waals surface area (Å²) in [5, 5.41) is 52.0. The largest absolute Gasteiger partial charge is 0.703 e. The third-order valence-corrected chi connectivity index (χ3v) is 2.47. The van der Waals surface area contributed by atoms with Crippen LogP contribution in [0.25, 0.3) is 0 Å². The SMILES string of the molecule is O=C(OCCC([N+](=O)[O-])([N+](=O)[O-])[N+](=O)[O-])OCC(F)([N+](=O)[O-])[N+](=O)[O-]. The van der Waals surface area contributed by atoms with Gasteiger partial charge in [0, 0.05) is 0 Å². The van der Waals surface area contributed by atoms with Gasteiger partial charge >= 0.3 is 17.9 Å². The minimum Gasteiger partial charge on any atom is -0.433 e. The molecular weight excluding hydrogens is 369 g/mol. The van der Waals surface area contributed by atoms with Crippen molar-refractivity contribution in [2.45, 2.75) is 18.1 Å². The number of hydrogen-bond donors (Lipinski definition) is 0. The Morgan fingerprint density at radius 1 is 0.800 bits per heavy atom. The van der Waals surface area contributed by atoms with Crippen molar-refractivity contribution < 1.29 is 43.3 Å².